The average Bonchev–Trinajstić information content (AvgIpc) is 2.35. The minimum absolute atomic E-state index is 0.0561. The summed E-state index contributed by atoms with van der Waals surface area (Å²) in [6, 6.07) is 7.80. The van der Waals surface area contributed by atoms with Crippen LogP contribution in [0.5, 0.6) is 0 Å². The van der Waals surface area contributed by atoms with Crippen molar-refractivity contribution < 1.29 is 9.53 Å². The predicted molar refractivity (Wildman–Crippen MR) is 70.6 cm³/mol. The number of ether oxygens (including phenoxy) is 1. The molecule has 1 unspecified atom stereocenters. The summed E-state index contributed by atoms with van der Waals surface area (Å²) in [6.45, 7) is 8.49. The third kappa shape index (κ3) is 4.31. The third-order valence-corrected chi connectivity index (χ3v) is 2.97. The van der Waals surface area contributed by atoms with E-state index in [4.69, 9.17) is 4.74 Å². The van der Waals surface area contributed by atoms with Gasteiger partial charge < -0.3 is 4.74 Å². The zero-order valence-corrected chi connectivity index (χ0v) is 11.2. The first-order valence-corrected chi connectivity index (χ1v) is 6.29. The maximum absolute atomic E-state index is 11.8. The summed E-state index contributed by atoms with van der Waals surface area (Å²) in [5.74, 6) is 0.552. The van der Waals surface area contributed by atoms with E-state index >= 15 is 0 Å². The normalized spacial score (nSPS) is 12.8. The van der Waals surface area contributed by atoms with Gasteiger partial charge in [0.1, 0.15) is 6.61 Å². The summed E-state index contributed by atoms with van der Waals surface area (Å²) in [6.07, 6.45) is 1.08. The van der Waals surface area contributed by atoms with Crippen LogP contribution in [0.25, 0.3) is 0 Å². The molecular weight excluding hydrogens is 212 g/mol. The van der Waals surface area contributed by atoms with E-state index in [1.807, 2.05) is 38.1 Å². The molecule has 0 aliphatic rings. The summed E-state index contributed by atoms with van der Waals surface area (Å²) < 4.78 is 5.44. The summed E-state index contributed by atoms with van der Waals surface area (Å²) in [5, 5.41) is 0. The molecule has 1 rings (SSSR count). The molecular formula is C15H22O2. The summed E-state index contributed by atoms with van der Waals surface area (Å²) in [5.41, 5.74) is 1.99. The Kier molecular flexibility index (Phi) is 5.36. The molecule has 94 valence electrons. The van der Waals surface area contributed by atoms with Gasteiger partial charge in [0.15, 0.2) is 5.78 Å². The first-order valence-electron chi connectivity index (χ1n) is 6.29. The molecule has 2 nitrogen and oxygen atoms in total. The SMILES string of the molecule is CCC(C)OCC(=O)c1ccc(C(C)C)cc1. The fourth-order valence-corrected chi connectivity index (χ4v) is 1.47. The lowest BCUT2D eigenvalue weighted by Gasteiger charge is -2.10. The van der Waals surface area contributed by atoms with E-state index < -0.39 is 0 Å². The maximum atomic E-state index is 11.8. The lowest BCUT2D eigenvalue weighted by molar-refractivity contribution is 0.0511. The first-order chi connectivity index (χ1) is 8.04. The molecule has 0 fully saturated rings. The molecule has 1 aromatic carbocycles. The van der Waals surface area contributed by atoms with Crippen molar-refractivity contribution in [3.8, 4) is 0 Å². The van der Waals surface area contributed by atoms with Crippen molar-refractivity contribution in [2.24, 2.45) is 0 Å². The van der Waals surface area contributed by atoms with E-state index in [0.717, 1.165) is 12.0 Å². The molecule has 0 aliphatic carbocycles. The summed E-state index contributed by atoms with van der Waals surface area (Å²) in [4.78, 5) is 11.8. The highest BCUT2D eigenvalue weighted by Crippen LogP contribution is 2.15. The lowest BCUT2D eigenvalue weighted by atomic mass is 10.0. The Bertz CT molecular complexity index is 352. The van der Waals surface area contributed by atoms with Crippen LogP contribution in [0, 0.1) is 0 Å². The Morgan fingerprint density at radius 3 is 2.24 bits per heavy atom. The second-order valence-corrected chi connectivity index (χ2v) is 4.73. The number of ketones is 1. The predicted octanol–water partition coefficient (Wildman–Crippen LogP) is 3.81. The van der Waals surface area contributed by atoms with Crippen LogP contribution in [0.4, 0.5) is 0 Å². The highest BCUT2D eigenvalue weighted by Gasteiger charge is 2.08. The largest absolute Gasteiger partial charge is 0.370 e. The van der Waals surface area contributed by atoms with Crippen LogP contribution in [0.3, 0.4) is 0 Å². The van der Waals surface area contributed by atoms with Gasteiger partial charge in [-0.2, -0.15) is 0 Å². The Hall–Kier alpha value is -1.15. The quantitative estimate of drug-likeness (QED) is 0.700. The number of rotatable bonds is 6. The average molecular weight is 234 g/mol. The molecule has 0 N–H and O–H groups in total. The Morgan fingerprint density at radius 1 is 1.18 bits per heavy atom. The fraction of sp³-hybridized carbons (Fsp3) is 0.533. The molecule has 0 saturated carbocycles. The van der Waals surface area contributed by atoms with Crippen LogP contribution >= 0.6 is 0 Å². The topological polar surface area (TPSA) is 26.3 Å². The molecule has 2 heteroatoms. The van der Waals surface area contributed by atoms with Gasteiger partial charge in [0.05, 0.1) is 6.10 Å². The van der Waals surface area contributed by atoms with Crippen molar-refractivity contribution in [2.45, 2.75) is 46.1 Å². The van der Waals surface area contributed by atoms with Crippen LogP contribution in [-0.4, -0.2) is 18.5 Å². The van der Waals surface area contributed by atoms with Gasteiger partial charge in [0.25, 0.3) is 0 Å². The smallest absolute Gasteiger partial charge is 0.188 e. The van der Waals surface area contributed by atoms with Gasteiger partial charge in [0, 0.05) is 5.56 Å². The van der Waals surface area contributed by atoms with Gasteiger partial charge >= 0.3 is 0 Å². The Balaban J connectivity index is 2.58. The number of hydrogen-bond acceptors (Lipinski definition) is 2. The number of hydrogen-bond donors (Lipinski definition) is 0. The molecule has 0 aromatic heterocycles. The van der Waals surface area contributed by atoms with Gasteiger partial charge in [-0.3, -0.25) is 4.79 Å². The van der Waals surface area contributed by atoms with E-state index in [9.17, 15) is 4.79 Å². The molecule has 0 radical (unpaired) electrons. The lowest BCUT2D eigenvalue weighted by Crippen LogP contribution is -2.15. The molecule has 17 heavy (non-hydrogen) atoms. The summed E-state index contributed by atoms with van der Waals surface area (Å²) >= 11 is 0. The van der Waals surface area contributed by atoms with Gasteiger partial charge in [-0.15, -0.1) is 0 Å². The zero-order chi connectivity index (χ0) is 12.8. The fourth-order valence-electron chi connectivity index (χ4n) is 1.47. The Morgan fingerprint density at radius 2 is 1.76 bits per heavy atom. The molecule has 0 amide bonds. The van der Waals surface area contributed by atoms with Crippen molar-refractivity contribution in [3.63, 3.8) is 0 Å². The van der Waals surface area contributed by atoms with E-state index in [-0.39, 0.29) is 18.5 Å². The Labute approximate surface area is 104 Å². The third-order valence-electron chi connectivity index (χ3n) is 2.97. The number of benzene rings is 1. The molecule has 1 aromatic rings. The van der Waals surface area contributed by atoms with Crippen molar-refractivity contribution >= 4 is 5.78 Å². The van der Waals surface area contributed by atoms with E-state index in [2.05, 4.69) is 13.8 Å². The molecule has 0 bridgehead atoms. The first kappa shape index (κ1) is 13.9. The van der Waals surface area contributed by atoms with Crippen LogP contribution in [0.1, 0.15) is 56.0 Å². The van der Waals surface area contributed by atoms with Crippen molar-refractivity contribution in [3.05, 3.63) is 35.4 Å². The molecule has 1 atom stereocenters. The van der Waals surface area contributed by atoms with Gasteiger partial charge in [-0.25, -0.2) is 0 Å². The highest BCUT2D eigenvalue weighted by atomic mass is 16.5. The molecule has 0 saturated heterocycles. The van der Waals surface area contributed by atoms with E-state index in [0.29, 0.717) is 5.92 Å². The van der Waals surface area contributed by atoms with Crippen molar-refractivity contribution in [2.75, 3.05) is 6.61 Å². The number of carbonyl (C=O) groups excluding carboxylic acids is 1. The van der Waals surface area contributed by atoms with Crippen LogP contribution in [0.15, 0.2) is 24.3 Å². The highest BCUT2D eigenvalue weighted by molar-refractivity contribution is 5.97. The van der Waals surface area contributed by atoms with Gasteiger partial charge in [-0.1, -0.05) is 45.0 Å². The standard InChI is InChI=1S/C15H22O2/c1-5-12(4)17-10-15(16)14-8-6-13(7-9-14)11(2)3/h6-9,11-12H,5,10H2,1-4H3. The molecule has 0 aliphatic heterocycles. The van der Waals surface area contributed by atoms with Gasteiger partial charge in [-0.05, 0) is 24.8 Å². The zero-order valence-electron chi connectivity index (χ0n) is 11.2. The van der Waals surface area contributed by atoms with E-state index in [1.54, 1.807) is 0 Å². The monoisotopic (exact) mass is 234 g/mol. The van der Waals surface area contributed by atoms with Crippen LogP contribution in [0.2, 0.25) is 0 Å². The maximum Gasteiger partial charge on any atom is 0.188 e. The number of Topliss-reactive ketones (excluding diaryl/α,β-unsaturated/α-hetero) is 1. The van der Waals surface area contributed by atoms with Crippen molar-refractivity contribution in [1.82, 2.24) is 0 Å². The van der Waals surface area contributed by atoms with Crippen LogP contribution in [-0.2, 0) is 4.74 Å². The second kappa shape index (κ2) is 6.55. The van der Waals surface area contributed by atoms with E-state index in [1.165, 1.54) is 5.56 Å². The number of carbonyl (C=O) groups is 1. The van der Waals surface area contributed by atoms with Crippen LogP contribution < -0.4 is 0 Å². The van der Waals surface area contributed by atoms with Crippen molar-refractivity contribution in [1.29, 1.82) is 0 Å². The molecule has 0 spiro atoms. The summed E-state index contributed by atoms with van der Waals surface area (Å²) in [7, 11) is 0. The minimum Gasteiger partial charge on any atom is -0.370 e. The van der Waals surface area contributed by atoms with Gasteiger partial charge in [0.2, 0.25) is 0 Å². The second-order valence-electron chi connectivity index (χ2n) is 4.73. The molecule has 0 heterocycles. The minimum atomic E-state index is 0.0561.